The normalized spacial score (nSPS) is 12.2. The van der Waals surface area contributed by atoms with E-state index in [-0.39, 0.29) is 17.3 Å². The predicted octanol–water partition coefficient (Wildman–Crippen LogP) is 1.09. The minimum atomic E-state index is -3.58. The minimum Gasteiger partial charge on any atom is -0.462 e. The Labute approximate surface area is 120 Å². The van der Waals surface area contributed by atoms with E-state index >= 15 is 0 Å². The van der Waals surface area contributed by atoms with E-state index in [0.29, 0.717) is 18.8 Å². The Hall–Kier alpha value is -0.890. The van der Waals surface area contributed by atoms with Crippen LogP contribution in [0.4, 0.5) is 0 Å². The molecule has 1 heterocycles. The van der Waals surface area contributed by atoms with E-state index in [9.17, 15) is 8.42 Å². The molecule has 6 nitrogen and oxygen atoms in total. The lowest BCUT2D eigenvalue weighted by Crippen LogP contribution is -2.35. The number of nitrogens with zero attached hydrogens (tertiary/aromatic N) is 1. The van der Waals surface area contributed by atoms with Crippen LogP contribution < -0.4 is 4.72 Å². The largest absolute Gasteiger partial charge is 0.462 e. The van der Waals surface area contributed by atoms with Gasteiger partial charge in [-0.15, -0.1) is 0 Å². The fourth-order valence-corrected chi connectivity index (χ4v) is 3.25. The monoisotopic (exact) mass is 304 g/mol. The first-order valence-electron chi connectivity index (χ1n) is 6.86. The van der Waals surface area contributed by atoms with Crippen LogP contribution in [0.1, 0.15) is 31.8 Å². The molecule has 0 aromatic carbocycles. The first kappa shape index (κ1) is 17.2. The molecule has 0 unspecified atom stereocenters. The number of furan rings is 1. The summed E-state index contributed by atoms with van der Waals surface area (Å²) in [6, 6.07) is 1.36. The number of hydrogen-bond donors (Lipinski definition) is 2. The molecule has 1 rings (SSSR count). The Morgan fingerprint density at radius 2 is 2.05 bits per heavy atom. The second-order valence-corrected chi connectivity index (χ2v) is 6.36. The van der Waals surface area contributed by atoms with Gasteiger partial charge in [0.1, 0.15) is 23.0 Å². The molecule has 1 aromatic heterocycles. The van der Waals surface area contributed by atoms with E-state index < -0.39 is 10.0 Å². The molecule has 20 heavy (non-hydrogen) atoms. The highest BCUT2D eigenvalue weighted by atomic mass is 32.2. The van der Waals surface area contributed by atoms with E-state index in [2.05, 4.69) is 23.5 Å². The number of aliphatic hydroxyl groups excluding tert-OH is 1. The fraction of sp³-hybridized carbons (Fsp3) is 0.692. The summed E-state index contributed by atoms with van der Waals surface area (Å²) in [6.45, 7) is 8.30. The highest BCUT2D eigenvalue weighted by Gasteiger charge is 2.20. The number of nitrogens with one attached hydrogen (secondary N) is 1. The van der Waals surface area contributed by atoms with Crippen LogP contribution in [0, 0.1) is 6.92 Å². The number of likely N-dealkylation sites (N-methyl/N-ethyl adjacent to an activating group) is 1. The average Bonchev–Trinajstić information content (AvgIpc) is 2.79. The molecule has 0 atom stereocenters. The summed E-state index contributed by atoms with van der Waals surface area (Å²) in [7, 11) is -3.58. The number of aliphatic hydroxyl groups is 1. The maximum absolute atomic E-state index is 12.1. The van der Waals surface area contributed by atoms with Crippen molar-refractivity contribution in [2.45, 2.75) is 38.7 Å². The van der Waals surface area contributed by atoms with Gasteiger partial charge in [-0.1, -0.05) is 13.8 Å². The van der Waals surface area contributed by atoms with Crippen molar-refractivity contribution in [2.24, 2.45) is 0 Å². The highest BCUT2D eigenvalue weighted by molar-refractivity contribution is 7.89. The van der Waals surface area contributed by atoms with Crippen LogP contribution in [0.5, 0.6) is 0 Å². The average molecular weight is 304 g/mol. The van der Waals surface area contributed by atoms with Crippen molar-refractivity contribution in [3.63, 3.8) is 0 Å². The molecular formula is C13H24N2O4S. The number of rotatable bonds is 9. The van der Waals surface area contributed by atoms with Crippen molar-refractivity contribution in [3.05, 3.63) is 17.6 Å². The van der Waals surface area contributed by atoms with Gasteiger partial charge < -0.3 is 14.4 Å². The molecule has 0 amide bonds. The van der Waals surface area contributed by atoms with Crippen molar-refractivity contribution in [1.29, 1.82) is 0 Å². The Morgan fingerprint density at radius 3 is 2.55 bits per heavy atom. The lowest BCUT2D eigenvalue weighted by atomic mass is 10.4. The highest BCUT2D eigenvalue weighted by Crippen LogP contribution is 2.19. The molecule has 0 saturated heterocycles. The topological polar surface area (TPSA) is 82.8 Å². The molecule has 2 N–H and O–H groups in total. The first-order valence-corrected chi connectivity index (χ1v) is 8.35. The van der Waals surface area contributed by atoms with Crippen LogP contribution in [0.3, 0.4) is 0 Å². The summed E-state index contributed by atoms with van der Waals surface area (Å²) < 4.78 is 32.0. The van der Waals surface area contributed by atoms with Crippen LogP contribution in [-0.2, 0) is 16.6 Å². The van der Waals surface area contributed by atoms with Gasteiger partial charge in [-0.3, -0.25) is 0 Å². The second-order valence-electron chi connectivity index (χ2n) is 4.62. The number of sulfonamides is 1. The van der Waals surface area contributed by atoms with Gasteiger partial charge in [0.15, 0.2) is 0 Å². The third kappa shape index (κ3) is 4.59. The van der Waals surface area contributed by atoms with Gasteiger partial charge in [0.2, 0.25) is 10.0 Å². The Morgan fingerprint density at radius 1 is 1.35 bits per heavy atom. The maximum atomic E-state index is 12.1. The molecule has 1 aromatic rings. The van der Waals surface area contributed by atoms with E-state index in [1.807, 2.05) is 0 Å². The molecule has 0 fully saturated rings. The Kier molecular flexibility index (Phi) is 6.67. The quantitative estimate of drug-likeness (QED) is 0.713. The lowest BCUT2D eigenvalue weighted by Gasteiger charge is -2.19. The predicted molar refractivity (Wildman–Crippen MR) is 77.0 cm³/mol. The van der Waals surface area contributed by atoms with E-state index in [0.717, 1.165) is 19.5 Å². The molecular weight excluding hydrogens is 280 g/mol. The smallest absolute Gasteiger partial charge is 0.244 e. The molecule has 0 bridgehead atoms. The van der Waals surface area contributed by atoms with Crippen LogP contribution in [0.15, 0.2) is 15.4 Å². The summed E-state index contributed by atoms with van der Waals surface area (Å²) in [6.07, 6.45) is 1.04. The zero-order valence-corrected chi connectivity index (χ0v) is 13.2. The summed E-state index contributed by atoms with van der Waals surface area (Å²) in [5.41, 5.74) is 0. The van der Waals surface area contributed by atoms with E-state index in [1.165, 1.54) is 6.07 Å². The van der Waals surface area contributed by atoms with Crippen molar-refractivity contribution in [1.82, 2.24) is 9.62 Å². The van der Waals surface area contributed by atoms with Gasteiger partial charge >= 0.3 is 0 Å². The Balaban J connectivity index is 2.63. The third-order valence-electron chi connectivity index (χ3n) is 3.08. The SMILES string of the molecule is CCCN(CC)CCNS(=O)(=O)c1cc(CO)oc1C. The molecule has 0 aliphatic heterocycles. The standard InChI is InChI=1S/C13H24N2O4S/c1-4-7-15(5-2)8-6-14-20(17,18)13-9-12(10-16)19-11(13)3/h9,14,16H,4-8,10H2,1-3H3. The van der Waals surface area contributed by atoms with Gasteiger partial charge in [0.05, 0.1) is 0 Å². The van der Waals surface area contributed by atoms with Crippen LogP contribution in [0.25, 0.3) is 0 Å². The first-order chi connectivity index (χ1) is 9.44. The van der Waals surface area contributed by atoms with E-state index in [4.69, 9.17) is 9.52 Å². The summed E-state index contributed by atoms with van der Waals surface area (Å²) in [4.78, 5) is 2.28. The van der Waals surface area contributed by atoms with Crippen molar-refractivity contribution in [3.8, 4) is 0 Å². The van der Waals surface area contributed by atoms with Gasteiger partial charge in [0.25, 0.3) is 0 Å². The van der Waals surface area contributed by atoms with Crippen molar-refractivity contribution in [2.75, 3.05) is 26.2 Å². The third-order valence-corrected chi connectivity index (χ3v) is 4.64. The number of aryl methyl sites for hydroxylation is 1. The number of hydrogen-bond acceptors (Lipinski definition) is 5. The zero-order chi connectivity index (χ0) is 15.2. The van der Waals surface area contributed by atoms with Crippen LogP contribution >= 0.6 is 0 Å². The van der Waals surface area contributed by atoms with Gasteiger partial charge in [0, 0.05) is 19.2 Å². The lowest BCUT2D eigenvalue weighted by molar-refractivity contribution is 0.244. The Bertz CT molecular complexity index is 510. The second kappa shape index (κ2) is 7.78. The molecule has 0 aliphatic carbocycles. The maximum Gasteiger partial charge on any atom is 0.244 e. The molecule has 7 heteroatoms. The molecule has 0 saturated carbocycles. The van der Waals surface area contributed by atoms with Crippen LogP contribution in [-0.4, -0.2) is 44.6 Å². The molecule has 116 valence electrons. The van der Waals surface area contributed by atoms with Gasteiger partial charge in [-0.2, -0.15) is 0 Å². The van der Waals surface area contributed by atoms with Crippen molar-refractivity contribution < 1.29 is 17.9 Å². The van der Waals surface area contributed by atoms with Gasteiger partial charge in [-0.25, -0.2) is 13.1 Å². The minimum absolute atomic E-state index is 0.0973. The van der Waals surface area contributed by atoms with E-state index in [1.54, 1.807) is 6.92 Å². The molecule has 0 radical (unpaired) electrons. The zero-order valence-electron chi connectivity index (χ0n) is 12.3. The fourth-order valence-electron chi connectivity index (χ4n) is 2.03. The van der Waals surface area contributed by atoms with Gasteiger partial charge in [-0.05, 0) is 26.4 Å². The summed E-state index contributed by atoms with van der Waals surface area (Å²) in [5, 5.41) is 8.97. The molecule has 0 aliphatic rings. The summed E-state index contributed by atoms with van der Waals surface area (Å²) in [5.74, 6) is 0.548. The van der Waals surface area contributed by atoms with Crippen LogP contribution in [0.2, 0.25) is 0 Å². The molecule has 0 spiro atoms. The van der Waals surface area contributed by atoms with Crippen molar-refractivity contribution >= 4 is 10.0 Å². The summed E-state index contributed by atoms with van der Waals surface area (Å²) >= 11 is 0.